The van der Waals surface area contributed by atoms with Gasteiger partial charge in [0.1, 0.15) is 0 Å². The summed E-state index contributed by atoms with van der Waals surface area (Å²) in [5, 5.41) is 4.84. The molecule has 0 spiro atoms. The fourth-order valence-electron chi connectivity index (χ4n) is 5.00. The fourth-order valence-corrected chi connectivity index (χ4v) is 11.3. The van der Waals surface area contributed by atoms with Gasteiger partial charge in [-0.3, -0.25) is 4.67 Å². The Morgan fingerprint density at radius 1 is 0.758 bits per heavy atom. The van der Waals surface area contributed by atoms with Crippen LogP contribution in [0.1, 0.15) is 64.7 Å². The number of nitrogens with zero attached hydrogens (tertiary/aromatic N) is 1. The van der Waals surface area contributed by atoms with Crippen LogP contribution in [-0.4, -0.2) is 16.4 Å². The molecule has 0 aliphatic rings. The molecular weight excluding hydrogens is 436 g/mol. The lowest BCUT2D eigenvalue weighted by Gasteiger charge is -2.43. The summed E-state index contributed by atoms with van der Waals surface area (Å²) in [4.78, 5) is 0. The Balaban J connectivity index is 2.07. The summed E-state index contributed by atoms with van der Waals surface area (Å²) < 4.78 is 2.83. The normalized spacial score (nSPS) is 13.6. The van der Waals surface area contributed by atoms with E-state index >= 15 is 0 Å². The first-order chi connectivity index (χ1) is 15.4. The first kappa shape index (κ1) is 26.2. The topological polar surface area (TPSA) is 3.24 Å². The van der Waals surface area contributed by atoms with Gasteiger partial charge in [0, 0.05) is 12.1 Å². The van der Waals surface area contributed by atoms with E-state index in [0.29, 0.717) is 0 Å². The number of rotatable bonds is 7. The predicted octanol–water partition coefficient (Wildman–Crippen LogP) is 8.86. The number of benzene rings is 2. The summed E-state index contributed by atoms with van der Waals surface area (Å²) in [6, 6.07) is 16.4. The van der Waals surface area contributed by atoms with Crippen molar-refractivity contribution in [3.8, 4) is 0 Å². The third-order valence-electron chi connectivity index (χ3n) is 6.77. The minimum Gasteiger partial charge on any atom is -0.269 e. The lowest BCUT2D eigenvalue weighted by atomic mass is 10.1. The zero-order valence-electron chi connectivity index (χ0n) is 22.5. The second-order valence-corrected chi connectivity index (χ2v) is 15.6. The summed E-state index contributed by atoms with van der Waals surface area (Å²) in [6.07, 6.45) is 2.55. The number of hydrogen-bond acceptors (Lipinski definition) is 1. The molecule has 0 aliphatic carbocycles. The highest BCUT2D eigenvalue weighted by Crippen LogP contribution is 2.51. The largest absolute Gasteiger partial charge is 0.269 e. The smallest absolute Gasteiger partial charge is 0.0281 e. The lowest BCUT2D eigenvalue weighted by Crippen LogP contribution is -2.40. The molecule has 0 saturated carbocycles. The molecule has 2 atom stereocenters. The van der Waals surface area contributed by atoms with Crippen molar-refractivity contribution in [2.75, 3.05) is 6.16 Å². The van der Waals surface area contributed by atoms with Gasteiger partial charge in [-0.2, -0.15) is 0 Å². The van der Waals surface area contributed by atoms with E-state index in [9.17, 15) is 0 Å². The molecule has 0 radical (unpaired) electrons. The van der Waals surface area contributed by atoms with Gasteiger partial charge < -0.3 is 0 Å². The average molecular weight is 480 g/mol. The zero-order valence-corrected chi connectivity index (χ0v) is 24.3. The van der Waals surface area contributed by atoms with Crippen LogP contribution in [0.4, 0.5) is 0 Å². The SMILES string of the molecule is Cc1ccc(CN(P(CCp2c(C)cc(C)c2C)c2c(C)cc(C)cc2C)C(C)(C)C)cc1. The van der Waals surface area contributed by atoms with Crippen LogP contribution < -0.4 is 5.30 Å². The molecule has 2 unspecified atom stereocenters. The molecular formula is C30H43NP2. The third-order valence-corrected chi connectivity index (χ3v) is 13.1. The van der Waals surface area contributed by atoms with Gasteiger partial charge >= 0.3 is 0 Å². The second-order valence-electron chi connectivity index (χ2n) is 10.8. The minimum atomic E-state index is -0.461. The van der Waals surface area contributed by atoms with Crippen LogP contribution in [0.15, 0.2) is 42.5 Å². The molecule has 1 nitrogen and oxygen atoms in total. The van der Waals surface area contributed by atoms with Gasteiger partial charge in [0.2, 0.25) is 0 Å². The molecule has 1 heterocycles. The monoisotopic (exact) mass is 479 g/mol. The van der Waals surface area contributed by atoms with Crippen molar-refractivity contribution in [1.29, 1.82) is 0 Å². The van der Waals surface area contributed by atoms with E-state index in [2.05, 4.69) is 116 Å². The van der Waals surface area contributed by atoms with Gasteiger partial charge in [0.25, 0.3) is 0 Å². The molecule has 0 amide bonds. The van der Waals surface area contributed by atoms with Crippen molar-refractivity contribution >= 4 is 20.9 Å². The van der Waals surface area contributed by atoms with Crippen LogP contribution in [0.25, 0.3) is 0 Å². The quantitative estimate of drug-likeness (QED) is 0.306. The Morgan fingerprint density at radius 2 is 1.33 bits per heavy atom. The van der Waals surface area contributed by atoms with Crippen molar-refractivity contribution < 1.29 is 0 Å². The second kappa shape index (κ2) is 10.5. The highest BCUT2D eigenvalue weighted by atomic mass is 31.1. The molecule has 33 heavy (non-hydrogen) atoms. The summed E-state index contributed by atoms with van der Waals surface area (Å²) in [6.45, 7) is 24.3. The van der Waals surface area contributed by atoms with Gasteiger partial charge in [0.15, 0.2) is 0 Å². The van der Waals surface area contributed by atoms with Gasteiger partial charge in [-0.05, 0) is 128 Å². The Kier molecular flexibility index (Phi) is 8.32. The van der Waals surface area contributed by atoms with Gasteiger partial charge in [-0.25, -0.2) is 0 Å². The summed E-state index contributed by atoms with van der Waals surface area (Å²) in [7, 11) is -0.611. The molecule has 3 aromatic rings. The van der Waals surface area contributed by atoms with Crippen LogP contribution in [0.5, 0.6) is 0 Å². The van der Waals surface area contributed by atoms with Crippen molar-refractivity contribution in [2.24, 2.45) is 0 Å². The molecule has 1 aromatic heterocycles. The molecule has 0 saturated heterocycles. The maximum atomic E-state index is 2.83. The molecule has 3 heteroatoms. The average Bonchev–Trinajstić information content (AvgIpc) is 2.94. The Morgan fingerprint density at radius 3 is 1.82 bits per heavy atom. The van der Waals surface area contributed by atoms with Crippen molar-refractivity contribution in [2.45, 2.75) is 87.5 Å². The molecule has 0 fully saturated rings. The Hall–Kier alpha value is -1.39. The van der Waals surface area contributed by atoms with Crippen LogP contribution in [0, 0.1) is 48.5 Å². The van der Waals surface area contributed by atoms with Crippen LogP contribution in [-0.2, 0) is 12.7 Å². The van der Waals surface area contributed by atoms with E-state index < -0.39 is 8.07 Å². The molecule has 0 bridgehead atoms. The fraction of sp³-hybridized carbons (Fsp3) is 0.467. The first-order valence-electron chi connectivity index (χ1n) is 12.2. The summed E-state index contributed by atoms with van der Waals surface area (Å²) in [5.74, 6) is 0. The van der Waals surface area contributed by atoms with Crippen molar-refractivity contribution in [1.82, 2.24) is 4.67 Å². The number of hydrogen-bond donors (Lipinski definition) is 0. The zero-order chi connectivity index (χ0) is 24.5. The molecule has 3 rings (SSSR count). The molecule has 0 N–H and O–H groups in total. The van der Waals surface area contributed by atoms with Gasteiger partial charge in [-0.15, -0.1) is 7.53 Å². The van der Waals surface area contributed by atoms with E-state index in [0.717, 1.165) is 6.54 Å². The molecule has 178 valence electrons. The van der Waals surface area contributed by atoms with Gasteiger partial charge in [-0.1, -0.05) is 53.6 Å². The van der Waals surface area contributed by atoms with E-state index in [1.54, 1.807) is 15.9 Å². The van der Waals surface area contributed by atoms with Gasteiger partial charge in [0.05, 0.1) is 0 Å². The number of aryl methyl sites for hydroxylation is 6. The van der Waals surface area contributed by atoms with Crippen LogP contribution in [0.2, 0.25) is 0 Å². The Bertz CT molecular complexity index is 1080. The van der Waals surface area contributed by atoms with Crippen molar-refractivity contribution in [3.05, 3.63) is 86.4 Å². The van der Waals surface area contributed by atoms with E-state index in [-0.39, 0.29) is 13.1 Å². The highest BCUT2D eigenvalue weighted by molar-refractivity contribution is 7.64. The van der Waals surface area contributed by atoms with Crippen LogP contribution >= 0.6 is 15.6 Å². The standard InChI is InChI=1S/C30H43NP2/c1-21-11-13-28(14-12-21)20-31(30(8,9)10)33(29-24(4)17-22(2)18-25(29)5)16-15-32-26(6)19-23(3)27(32)7/h11-14,17-19H,15-16,20H2,1-10H3. The molecule has 0 aliphatic heterocycles. The van der Waals surface area contributed by atoms with Crippen LogP contribution in [0.3, 0.4) is 0 Å². The predicted molar refractivity (Wildman–Crippen MR) is 152 cm³/mol. The summed E-state index contributed by atoms with van der Waals surface area (Å²) in [5.41, 5.74) is 8.64. The maximum Gasteiger partial charge on any atom is 0.0281 e. The molecule has 2 aromatic carbocycles. The first-order valence-corrected chi connectivity index (χ1v) is 15.2. The highest BCUT2D eigenvalue weighted by Gasteiger charge is 2.32. The van der Waals surface area contributed by atoms with E-state index in [1.807, 2.05) is 0 Å². The van der Waals surface area contributed by atoms with E-state index in [1.165, 1.54) is 45.7 Å². The van der Waals surface area contributed by atoms with E-state index in [4.69, 9.17) is 0 Å². The summed E-state index contributed by atoms with van der Waals surface area (Å²) >= 11 is 0. The third kappa shape index (κ3) is 6.19. The Labute approximate surface area is 205 Å². The lowest BCUT2D eigenvalue weighted by molar-refractivity contribution is 0.258. The van der Waals surface area contributed by atoms with Crippen molar-refractivity contribution in [3.63, 3.8) is 0 Å². The maximum absolute atomic E-state index is 2.83. The minimum absolute atomic E-state index is 0.0922.